The van der Waals surface area contributed by atoms with Crippen molar-refractivity contribution in [2.75, 3.05) is 39.8 Å². The van der Waals surface area contributed by atoms with Crippen LogP contribution in [-0.2, 0) is 10.0 Å². The number of methoxy groups -OCH3 is 1. The van der Waals surface area contributed by atoms with E-state index < -0.39 is 10.0 Å². The highest BCUT2D eigenvalue weighted by molar-refractivity contribution is 7.89. The summed E-state index contributed by atoms with van der Waals surface area (Å²) in [5.41, 5.74) is 0.448. The second kappa shape index (κ2) is 10.1. The second-order valence-corrected chi connectivity index (χ2v) is 11.2. The number of carbonyl (C=O) groups excluding carboxylic acids is 1. The van der Waals surface area contributed by atoms with Crippen molar-refractivity contribution in [2.45, 2.75) is 75.3 Å². The minimum atomic E-state index is -3.72. The summed E-state index contributed by atoms with van der Waals surface area (Å²) in [6.45, 7) is 6.28. The normalized spacial score (nSPS) is 21.8. The lowest BCUT2D eigenvalue weighted by molar-refractivity contribution is 0.0554. The lowest BCUT2D eigenvalue weighted by Gasteiger charge is -2.38. The summed E-state index contributed by atoms with van der Waals surface area (Å²) in [5, 5.41) is 0. The van der Waals surface area contributed by atoms with E-state index in [1.165, 1.54) is 7.11 Å². The van der Waals surface area contributed by atoms with Crippen LogP contribution in [0.1, 0.15) is 68.6 Å². The molecule has 1 aromatic carbocycles. The molecule has 7 nitrogen and oxygen atoms in total. The van der Waals surface area contributed by atoms with Crippen molar-refractivity contribution >= 4 is 15.9 Å². The number of piperidine rings is 1. The third kappa shape index (κ3) is 4.97. The fraction of sp³-hybridized carbons (Fsp3) is 0.708. The predicted molar refractivity (Wildman–Crippen MR) is 125 cm³/mol. The Morgan fingerprint density at radius 3 is 2.19 bits per heavy atom. The number of hydrogen-bond donors (Lipinski definition) is 0. The van der Waals surface area contributed by atoms with Crippen LogP contribution in [0.3, 0.4) is 0 Å². The van der Waals surface area contributed by atoms with Crippen LogP contribution in [0, 0.1) is 0 Å². The van der Waals surface area contributed by atoms with E-state index in [1.54, 1.807) is 22.5 Å². The molecular formula is C24H37N3O4S. The van der Waals surface area contributed by atoms with Crippen LogP contribution in [-0.4, -0.2) is 80.3 Å². The van der Waals surface area contributed by atoms with Crippen LogP contribution in [0.5, 0.6) is 5.75 Å². The highest BCUT2D eigenvalue weighted by Crippen LogP contribution is 2.35. The summed E-state index contributed by atoms with van der Waals surface area (Å²) in [4.78, 5) is 18.2. The molecule has 0 aromatic heterocycles. The number of sulfonamides is 1. The van der Waals surface area contributed by atoms with Crippen LogP contribution in [0.25, 0.3) is 0 Å². The Hall–Kier alpha value is -1.64. The van der Waals surface area contributed by atoms with Gasteiger partial charge >= 0.3 is 0 Å². The quantitative estimate of drug-likeness (QED) is 0.620. The van der Waals surface area contributed by atoms with E-state index in [9.17, 15) is 13.2 Å². The number of nitrogens with zero attached hydrogens (tertiary/aromatic N) is 3. The Bertz CT molecular complexity index is 900. The third-order valence-electron chi connectivity index (χ3n) is 7.17. The molecule has 3 fully saturated rings. The van der Waals surface area contributed by atoms with Crippen LogP contribution in [0.4, 0.5) is 0 Å². The van der Waals surface area contributed by atoms with Crippen LogP contribution in [0.15, 0.2) is 23.1 Å². The molecule has 8 heteroatoms. The molecule has 3 aliphatic rings. The fourth-order valence-corrected chi connectivity index (χ4v) is 6.78. The predicted octanol–water partition coefficient (Wildman–Crippen LogP) is 3.35. The van der Waals surface area contributed by atoms with Gasteiger partial charge in [0.2, 0.25) is 10.0 Å². The minimum absolute atomic E-state index is 0.0441. The van der Waals surface area contributed by atoms with E-state index in [1.807, 2.05) is 0 Å². The van der Waals surface area contributed by atoms with E-state index in [2.05, 4.69) is 16.7 Å². The average molecular weight is 464 g/mol. The first-order valence-corrected chi connectivity index (χ1v) is 13.6. The first-order chi connectivity index (χ1) is 15.5. The lowest BCUT2D eigenvalue weighted by atomic mass is 10.0. The second-order valence-electron chi connectivity index (χ2n) is 9.29. The molecule has 4 rings (SSSR count). The molecule has 0 radical (unpaired) electrons. The van der Waals surface area contributed by atoms with Gasteiger partial charge in [-0.3, -0.25) is 4.79 Å². The van der Waals surface area contributed by atoms with E-state index in [0.29, 0.717) is 24.4 Å². The fourth-order valence-electron chi connectivity index (χ4n) is 5.08. The van der Waals surface area contributed by atoms with Crippen molar-refractivity contribution in [3.8, 4) is 5.75 Å². The van der Waals surface area contributed by atoms with Gasteiger partial charge in [-0.15, -0.1) is 0 Å². The summed E-state index contributed by atoms with van der Waals surface area (Å²) in [6.07, 6.45) is 7.86. The maximum absolute atomic E-state index is 13.6. The smallest absolute Gasteiger partial charge is 0.254 e. The standard InChI is InChI=1S/C24H37N3O4S/c1-3-25-16-12-21(13-17-25)27(20-9-10-20)24(28)19-8-11-22(31-2)23(18-19)32(29,30)26-14-6-4-5-7-15-26/h8,11,18,20-21H,3-7,9-10,12-17H2,1-2H3. The van der Waals surface area contributed by atoms with Gasteiger partial charge in [0, 0.05) is 43.8 Å². The largest absolute Gasteiger partial charge is 0.495 e. The van der Waals surface area contributed by atoms with Gasteiger partial charge < -0.3 is 14.5 Å². The van der Waals surface area contributed by atoms with Crippen molar-refractivity contribution < 1.29 is 17.9 Å². The Morgan fingerprint density at radius 2 is 1.62 bits per heavy atom. The number of carbonyl (C=O) groups is 1. The van der Waals surface area contributed by atoms with Crippen LogP contribution >= 0.6 is 0 Å². The lowest BCUT2D eigenvalue weighted by Crippen LogP contribution is -2.48. The van der Waals surface area contributed by atoms with Gasteiger partial charge in [0.15, 0.2) is 0 Å². The van der Waals surface area contributed by atoms with Gasteiger partial charge in [0.25, 0.3) is 5.91 Å². The van der Waals surface area contributed by atoms with Gasteiger partial charge in [0.05, 0.1) is 7.11 Å². The maximum atomic E-state index is 13.6. The molecule has 1 aromatic rings. The summed E-state index contributed by atoms with van der Waals surface area (Å²) in [6, 6.07) is 5.43. The van der Waals surface area contributed by atoms with E-state index in [4.69, 9.17) is 4.74 Å². The van der Waals surface area contributed by atoms with Crippen molar-refractivity contribution in [3.63, 3.8) is 0 Å². The zero-order valence-electron chi connectivity index (χ0n) is 19.5. The number of benzene rings is 1. The van der Waals surface area contributed by atoms with Crippen molar-refractivity contribution in [2.24, 2.45) is 0 Å². The topological polar surface area (TPSA) is 70.2 Å². The average Bonchev–Trinajstić information content (AvgIpc) is 3.66. The summed E-state index contributed by atoms with van der Waals surface area (Å²) < 4.78 is 34.0. The first kappa shape index (κ1) is 23.5. The molecule has 2 heterocycles. The highest BCUT2D eigenvalue weighted by Gasteiger charge is 2.39. The minimum Gasteiger partial charge on any atom is -0.495 e. The molecular weight excluding hydrogens is 426 g/mol. The summed E-state index contributed by atoms with van der Waals surface area (Å²) in [5.74, 6) is 0.262. The number of hydrogen-bond acceptors (Lipinski definition) is 5. The number of ether oxygens (including phenoxy) is 1. The molecule has 0 unspecified atom stereocenters. The first-order valence-electron chi connectivity index (χ1n) is 12.2. The molecule has 0 bridgehead atoms. The highest BCUT2D eigenvalue weighted by atomic mass is 32.2. The molecule has 0 N–H and O–H groups in total. The molecule has 2 saturated heterocycles. The molecule has 178 valence electrons. The zero-order valence-corrected chi connectivity index (χ0v) is 20.3. The van der Waals surface area contributed by atoms with E-state index >= 15 is 0 Å². The molecule has 1 saturated carbocycles. The van der Waals surface area contributed by atoms with Crippen LogP contribution < -0.4 is 4.74 Å². The van der Waals surface area contributed by atoms with E-state index in [0.717, 1.165) is 71.0 Å². The SMILES string of the molecule is CCN1CCC(N(C(=O)c2ccc(OC)c(S(=O)(=O)N3CCCCCC3)c2)C2CC2)CC1. The van der Waals surface area contributed by atoms with Gasteiger partial charge in [-0.05, 0) is 63.3 Å². The third-order valence-corrected chi connectivity index (χ3v) is 9.09. The Balaban J connectivity index is 1.61. The molecule has 0 spiro atoms. The number of rotatable bonds is 7. The van der Waals surface area contributed by atoms with Gasteiger partial charge in [-0.2, -0.15) is 4.31 Å². The van der Waals surface area contributed by atoms with Crippen molar-refractivity contribution in [3.05, 3.63) is 23.8 Å². The molecule has 32 heavy (non-hydrogen) atoms. The van der Waals surface area contributed by atoms with Gasteiger partial charge in [-0.1, -0.05) is 19.8 Å². The van der Waals surface area contributed by atoms with Crippen molar-refractivity contribution in [1.82, 2.24) is 14.1 Å². The van der Waals surface area contributed by atoms with Gasteiger partial charge in [0.1, 0.15) is 10.6 Å². The molecule has 2 aliphatic heterocycles. The molecule has 1 amide bonds. The summed E-state index contributed by atoms with van der Waals surface area (Å²) in [7, 11) is -2.24. The Kier molecular flexibility index (Phi) is 7.42. The van der Waals surface area contributed by atoms with E-state index in [-0.39, 0.29) is 22.9 Å². The monoisotopic (exact) mass is 463 g/mol. The number of amides is 1. The number of likely N-dealkylation sites (tertiary alicyclic amines) is 1. The van der Waals surface area contributed by atoms with Gasteiger partial charge in [-0.25, -0.2) is 8.42 Å². The van der Waals surface area contributed by atoms with Crippen LogP contribution in [0.2, 0.25) is 0 Å². The molecule has 0 atom stereocenters. The maximum Gasteiger partial charge on any atom is 0.254 e. The molecule has 1 aliphatic carbocycles. The Morgan fingerprint density at radius 1 is 1.00 bits per heavy atom. The van der Waals surface area contributed by atoms with Crippen molar-refractivity contribution in [1.29, 1.82) is 0 Å². The summed E-state index contributed by atoms with van der Waals surface area (Å²) >= 11 is 0. The zero-order chi connectivity index (χ0) is 22.7. The Labute approximate surface area is 192 Å².